The molecular formula is C38H48N6O9. The third kappa shape index (κ3) is 10.2. The van der Waals surface area contributed by atoms with Crippen molar-refractivity contribution in [3.8, 4) is 0 Å². The summed E-state index contributed by atoms with van der Waals surface area (Å²) in [5, 5.41) is 0. The van der Waals surface area contributed by atoms with Gasteiger partial charge in [0.25, 0.3) is 0 Å². The van der Waals surface area contributed by atoms with E-state index in [9.17, 15) is 28.8 Å². The highest BCUT2D eigenvalue weighted by atomic mass is 16.7. The lowest BCUT2D eigenvalue weighted by Gasteiger charge is -2.37. The van der Waals surface area contributed by atoms with Crippen LogP contribution >= 0.6 is 0 Å². The van der Waals surface area contributed by atoms with Crippen molar-refractivity contribution in [2.24, 2.45) is 70.4 Å². The molecule has 15 nitrogen and oxygen atoms in total. The van der Waals surface area contributed by atoms with Crippen LogP contribution in [0.25, 0.3) is 0 Å². The average Bonchev–Trinajstić information content (AvgIpc) is 3.17. The molecule has 53 heavy (non-hydrogen) atoms. The standard InChI is InChI=1S/C38H48N6O9/c1-3-25(36(48)51-42)31(34(40)46)26(23-15-9-5-10-16-23)20-29(38(50)53-44)32(35(41)47)27(24-17-11-6-12-18-24)19-28(37(49)52-43)30(33(39)45)21(2)22-13-7-4-8-14-22/h4-18,21,25-32H,3,19-20,42-44H2,1-2H3,(H2,39,45)(H2,40,46)(H2,41,47). The summed E-state index contributed by atoms with van der Waals surface area (Å²) < 4.78 is 0. The first-order chi connectivity index (χ1) is 25.3. The van der Waals surface area contributed by atoms with Crippen molar-refractivity contribution >= 4 is 35.6 Å². The van der Waals surface area contributed by atoms with Crippen LogP contribution in [0.15, 0.2) is 91.0 Å². The number of primary amides is 3. The van der Waals surface area contributed by atoms with Crippen LogP contribution in [0.5, 0.6) is 0 Å². The fourth-order valence-electron chi connectivity index (χ4n) is 7.65. The normalized spacial score (nSPS) is 16.2. The lowest BCUT2D eigenvalue weighted by atomic mass is 9.65. The summed E-state index contributed by atoms with van der Waals surface area (Å²) in [4.78, 5) is 94.5. The maximum Gasteiger partial charge on any atom is 0.328 e. The largest absolute Gasteiger partial charge is 0.373 e. The van der Waals surface area contributed by atoms with Gasteiger partial charge in [0.2, 0.25) is 17.7 Å². The number of benzene rings is 3. The SMILES string of the molecule is CCC(C(=O)ON)C(C(N)=O)C(CC(C(=O)ON)C(C(N)=O)C(CC(C(=O)ON)C(C(N)=O)C(C)c1ccccc1)c1ccccc1)c1ccccc1. The topological polar surface area (TPSA) is 286 Å². The number of amides is 3. The van der Waals surface area contributed by atoms with Crippen molar-refractivity contribution in [1.82, 2.24) is 0 Å². The van der Waals surface area contributed by atoms with Gasteiger partial charge in [0.15, 0.2) is 0 Å². The van der Waals surface area contributed by atoms with Gasteiger partial charge in [-0.25, -0.2) is 0 Å². The smallest absolute Gasteiger partial charge is 0.328 e. The van der Waals surface area contributed by atoms with Crippen LogP contribution in [-0.2, 0) is 43.3 Å². The highest BCUT2D eigenvalue weighted by Crippen LogP contribution is 2.46. The van der Waals surface area contributed by atoms with Gasteiger partial charge in [0, 0.05) is 0 Å². The predicted molar refractivity (Wildman–Crippen MR) is 192 cm³/mol. The molecule has 9 atom stereocenters. The Morgan fingerprint density at radius 3 is 1.11 bits per heavy atom. The summed E-state index contributed by atoms with van der Waals surface area (Å²) in [6.45, 7) is 3.34. The monoisotopic (exact) mass is 732 g/mol. The van der Waals surface area contributed by atoms with Gasteiger partial charge in [-0.1, -0.05) is 105 Å². The molecule has 0 saturated carbocycles. The van der Waals surface area contributed by atoms with Crippen LogP contribution in [0.1, 0.15) is 67.6 Å². The van der Waals surface area contributed by atoms with Crippen molar-refractivity contribution in [3.05, 3.63) is 108 Å². The van der Waals surface area contributed by atoms with Crippen molar-refractivity contribution in [1.29, 1.82) is 0 Å². The third-order valence-corrected chi connectivity index (χ3v) is 10.2. The second-order valence-electron chi connectivity index (χ2n) is 13.0. The summed E-state index contributed by atoms with van der Waals surface area (Å²) in [5.74, 6) is -0.448. The van der Waals surface area contributed by atoms with E-state index in [1.807, 2.05) is 0 Å². The number of rotatable bonds is 20. The van der Waals surface area contributed by atoms with E-state index in [0.717, 1.165) is 0 Å². The molecule has 9 unspecified atom stereocenters. The molecule has 0 aliphatic rings. The summed E-state index contributed by atoms with van der Waals surface area (Å²) in [6.07, 6.45) is -0.606. The first-order valence-electron chi connectivity index (χ1n) is 17.1. The van der Waals surface area contributed by atoms with E-state index in [4.69, 9.17) is 44.6 Å². The molecule has 0 aliphatic carbocycles. The summed E-state index contributed by atoms with van der Waals surface area (Å²) in [5.41, 5.74) is 19.6. The molecule has 0 fully saturated rings. The molecule has 0 spiro atoms. The lowest BCUT2D eigenvalue weighted by molar-refractivity contribution is -0.157. The van der Waals surface area contributed by atoms with E-state index < -0.39 is 88.9 Å². The van der Waals surface area contributed by atoms with Crippen molar-refractivity contribution in [2.45, 2.75) is 50.9 Å². The third-order valence-electron chi connectivity index (χ3n) is 10.2. The highest BCUT2D eigenvalue weighted by Gasteiger charge is 2.48. The molecule has 3 aromatic rings. The van der Waals surface area contributed by atoms with Crippen LogP contribution in [0.2, 0.25) is 0 Å². The summed E-state index contributed by atoms with van der Waals surface area (Å²) in [6, 6.07) is 25.6. The quantitative estimate of drug-likeness (QED) is 0.0909. The van der Waals surface area contributed by atoms with Crippen LogP contribution in [0, 0.1) is 35.5 Å². The van der Waals surface area contributed by atoms with E-state index in [0.29, 0.717) is 16.7 Å². The van der Waals surface area contributed by atoms with Crippen LogP contribution in [0.4, 0.5) is 0 Å². The minimum Gasteiger partial charge on any atom is -0.373 e. The Balaban J connectivity index is 2.30. The van der Waals surface area contributed by atoms with Crippen LogP contribution in [0.3, 0.4) is 0 Å². The fourth-order valence-corrected chi connectivity index (χ4v) is 7.65. The Labute approximate surface area is 307 Å². The minimum absolute atomic E-state index is 0.0713. The number of hydrogen-bond donors (Lipinski definition) is 6. The average molecular weight is 733 g/mol. The summed E-state index contributed by atoms with van der Waals surface area (Å²) >= 11 is 0. The Bertz CT molecular complexity index is 1700. The zero-order chi connectivity index (χ0) is 39.2. The predicted octanol–water partition coefficient (Wildman–Crippen LogP) is 1.95. The first kappa shape index (κ1) is 41.8. The van der Waals surface area contributed by atoms with Gasteiger partial charge < -0.3 is 31.7 Å². The Hall–Kier alpha value is -5.64. The molecule has 15 heteroatoms. The van der Waals surface area contributed by atoms with Gasteiger partial charge in [0.05, 0.1) is 35.5 Å². The van der Waals surface area contributed by atoms with E-state index >= 15 is 0 Å². The summed E-state index contributed by atoms with van der Waals surface area (Å²) in [7, 11) is 0. The molecule has 0 aromatic heterocycles. The van der Waals surface area contributed by atoms with Gasteiger partial charge >= 0.3 is 17.9 Å². The van der Waals surface area contributed by atoms with Gasteiger partial charge in [-0.05, 0) is 53.7 Å². The van der Waals surface area contributed by atoms with Crippen molar-refractivity contribution in [3.63, 3.8) is 0 Å². The molecule has 3 amide bonds. The molecule has 3 aromatic carbocycles. The number of carbonyl (C=O) groups is 6. The number of hydrogen-bond acceptors (Lipinski definition) is 12. The molecule has 284 valence electrons. The first-order valence-corrected chi connectivity index (χ1v) is 17.1. The highest BCUT2D eigenvalue weighted by molar-refractivity contribution is 5.88. The van der Waals surface area contributed by atoms with Gasteiger partial charge in [-0.3, -0.25) is 28.8 Å². The lowest BCUT2D eigenvalue weighted by Crippen LogP contribution is -2.46. The second kappa shape index (κ2) is 19.8. The molecule has 0 heterocycles. The Morgan fingerprint density at radius 1 is 0.491 bits per heavy atom. The van der Waals surface area contributed by atoms with E-state index in [1.165, 1.54) is 0 Å². The van der Waals surface area contributed by atoms with E-state index in [2.05, 4.69) is 4.84 Å². The number of carbonyl (C=O) groups excluding carboxylic acids is 6. The fraction of sp³-hybridized carbons (Fsp3) is 0.368. The maximum atomic E-state index is 13.8. The van der Waals surface area contributed by atoms with Gasteiger partial charge in [-0.2, -0.15) is 17.7 Å². The van der Waals surface area contributed by atoms with Crippen molar-refractivity contribution < 1.29 is 43.3 Å². The van der Waals surface area contributed by atoms with Crippen LogP contribution in [-0.4, -0.2) is 35.6 Å². The van der Waals surface area contributed by atoms with E-state index in [1.54, 1.807) is 105 Å². The van der Waals surface area contributed by atoms with E-state index in [-0.39, 0.29) is 19.3 Å². The zero-order valence-corrected chi connectivity index (χ0v) is 29.6. The number of nitrogens with two attached hydrogens (primary N) is 6. The second-order valence-corrected chi connectivity index (χ2v) is 13.0. The molecule has 12 N–H and O–H groups in total. The van der Waals surface area contributed by atoms with Crippen LogP contribution < -0.4 is 34.9 Å². The van der Waals surface area contributed by atoms with Gasteiger partial charge in [-0.15, -0.1) is 0 Å². The van der Waals surface area contributed by atoms with Gasteiger partial charge in [0.1, 0.15) is 0 Å². The zero-order valence-electron chi connectivity index (χ0n) is 29.6. The molecule has 0 saturated heterocycles. The maximum absolute atomic E-state index is 13.8. The molecule has 3 rings (SSSR count). The minimum atomic E-state index is -1.52. The molecule has 0 aliphatic heterocycles. The Morgan fingerprint density at radius 2 is 0.792 bits per heavy atom. The molecule has 0 bridgehead atoms. The van der Waals surface area contributed by atoms with Crippen molar-refractivity contribution in [2.75, 3.05) is 0 Å². The molecule has 0 radical (unpaired) electrons. The Kier molecular flexibility index (Phi) is 15.6. The molecular weight excluding hydrogens is 684 g/mol.